The summed E-state index contributed by atoms with van der Waals surface area (Å²) in [5.74, 6) is -0.611. The average Bonchev–Trinajstić information content (AvgIpc) is 2.30. The maximum absolute atomic E-state index is 11.1. The lowest BCUT2D eigenvalue weighted by Gasteiger charge is -2.10. The first-order chi connectivity index (χ1) is 8.95. The van der Waals surface area contributed by atoms with Crippen molar-refractivity contribution in [1.82, 2.24) is 0 Å². The Morgan fingerprint density at radius 1 is 1.11 bits per heavy atom. The molecule has 2 aromatic rings. The number of hydrogen-bond donors (Lipinski definition) is 2. The Kier molecular flexibility index (Phi) is 3.83. The van der Waals surface area contributed by atoms with Crippen molar-refractivity contribution in [2.75, 3.05) is 5.73 Å². The maximum atomic E-state index is 11.1. The van der Waals surface area contributed by atoms with Crippen LogP contribution in [0.2, 0.25) is 10.0 Å². The molecule has 0 atom stereocenters. The van der Waals surface area contributed by atoms with Crippen molar-refractivity contribution in [1.29, 1.82) is 0 Å². The highest BCUT2D eigenvalue weighted by molar-refractivity contribution is 6.34. The molecule has 0 bridgehead atoms. The Morgan fingerprint density at radius 3 is 2.32 bits per heavy atom. The molecule has 0 unspecified atom stereocenters. The van der Waals surface area contributed by atoms with Gasteiger partial charge in [0.1, 0.15) is 17.1 Å². The third-order valence-corrected chi connectivity index (χ3v) is 2.73. The number of rotatable bonds is 3. The largest absolute Gasteiger partial charge is 0.478 e. The highest BCUT2D eigenvalue weighted by atomic mass is 35.5. The minimum atomic E-state index is -1.13. The summed E-state index contributed by atoms with van der Waals surface area (Å²) >= 11 is 11.7. The van der Waals surface area contributed by atoms with E-state index in [1.807, 2.05) is 0 Å². The zero-order valence-corrected chi connectivity index (χ0v) is 11.1. The summed E-state index contributed by atoms with van der Waals surface area (Å²) in [6, 6.07) is 8.98. The first kappa shape index (κ1) is 13.5. The number of halogens is 2. The lowest BCUT2D eigenvalue weighted by molar-refractivity contribution is 0.0694. The Hall–Kier alpha value is -1.91. The Bertz CT molecular complexity index is 624. The molecule has 19 heavy (non-hydrogen) atoms. The van der Waals surface area contributed by atoms with Crippen LogP contribution in [-0.2, 0) is 0 Å². The highest BCUT2D eigenvalue weighted by Gasteiger charge is 2.13. The molecular formula is C13H9Cl2NO3. The minimum absolute atomic E-state index is 0.0314. The van der Waals surface area contributed by atoms with Crippen LogP contribution in [0.4, 0.5) is 5.69 Å². The second-order valence-corrected chi connectivity index (χ2v) is 4.64. The van der Waals surface area contributed by atoms with Crippen LogP contribution in [0.1, 0.15) is 10.4 Å². The predicted octanol–water partition coefficient (Wildman–Crippen LogP) is 4.07. The summed E-state index contributed by atoms with van der Waals surface area (Å²) in [4.78, 5) is 11.1. The lowest BCUT2D eigenvalue weighted by Crippen LogP contribution is -2.01. The summed E-state index contributed by atoms with van der Waals surface area (Å²) in [5, 5.41) is 9.89. The second-order valence-electron chi connectivity index (χ2n) is 3.77. The number of carboxylic acids is 1. The van der Waals surface area contributed by atoms with Gasteiger partial charge < -0.3 is 15.6 Å². The monoisotopic (exact) mass is 297 g/mol. The van der Waals surface area contributed by atoms with Crippen molar-refractivity contribution in [2.45, 2.75) is 0 Å². The van der Waals surface area contributed by atoms with Gasteiger partial charge in [0.2, 0.25) is 0 Å². The molecule has 0 saturated heterocycles. The molecule has 0 saturated carbocycles. The molecule has 0 aromatic heterocycles. The Morgan fingerprint density at radius 2 is 1.74 bits per heavy atom. The van der Waals surface area contributed by atoms with E-state index in [4.69, 9.17) is 38.8 Å². The number of aromatic carboxylic acids is 1. The van der Waals surface area contributed by atoms with Gasteiger partial charge in [-0.25, -0.2) is 4.79 Å². The van der Waals surface area contributed by atoms with Gasteiger partial charge in [-0.2, -0.15) is 0 Å². The van der Waals surface area contributed by atoms with Crippen LogP contribution in [-0.4, -0.2) is 11.1 Å². The SMILES string of the molecule is Nc1ccc(Oc2cc(Cl)cc(Cl)c2)c(C(=O)O)c1. The quantitative estimate of drug-likeness (QED) is 0.838. The van der Waals surface area contributed by atoms with Crippen molar-refractivity contribution in [3.8, 4) is 11.5 Å². The fourth-order valence-electron chi connectivity index (χ4n) is 1.52. The zero-order chi connectivity index (χ0) is 14.0. The highest BCUT2D eigenvalue weighted by Crippen LogP contribution is 2.31. The number of ether oxygens (including phenoxy) is 1. The third-order valence-electron chi connectivity index (χ3n) is 2.30. The van der Waals surface area contributed by atoms with Gasteiger partial charge in [-0.3, -0.25) is 0 Å². The summed E-state index contributed by atoms with van der Waals surface area (Å²) in [5.41, 5.74) is 5.86. The number of carboxylic acid groups (broad SMARTS) is 1. The molecule has 98 valence electrons. The van der Waals surface area contributed by atoms with Crippen molar-refractivity contribution < 1.29 is 14.6 Å². The van der Waals surface area contributed by atoms with Crippen LogP contribution in [0.5, 0.6) is 11.5 Å². The van der Waals surface area contributed by atoms with E-state index < -0.39 is 5.97 Å². The molecular weight excluding hydrogens is 289 g/mol. The first-order valence-electron chi connectivity index (χ1n) is 5.22. The standard InChI is InChI=1S/C13H9Cl2NO3/c14-7-3-8(15)5-10(4-7)19-12-2-1-9(16)6-11(12)13(17)18/h1-6H,16H2,(H,17,18). The fraction of sp³-hybridized carbons (Fsp3) is 0. The molecule has 4 nitrogen and oxygen atoms in total. The molecule has 0 fully saturated rings. The van der Waals surface area contributed by atoms with E-state index in [9.17, 15) is 4.79 Å². The summed E-state index contributed by atoms with van der Waals surface area (Å²) in [6.07, 6.45) is 0. The van der Waals surface area contributed by atoms with Crippen molar-refractivity contribution in [3.05, 3.63) is 52.0 Å². The second kappa shape index (κ2) is 5.38. The maximum Gasteiger partial charge on any atom is 0.339 e. The van der Waals surface area contributed by atoms with Crippen LogP contribution in [0, 0.1) is 0 Å². The summed E-state index contributed by atoms with van der Waals surface area (Å²) in [6.45, 7) is 0. The van der Waals surface area contributed by atoms with Crippen LogP contribution >= 0.6 is 23.2 Å². The molecule has 2 rings (SSSR count). The predicted molar refractivity (Wildman–Crippen MR) is 74.3 cm³/mol. The molecule has 0 spiro atoms. The topological polar surface area (TPSA) is 72.5 Å². The summed E-state index contributed by atoms with van der Waals surface area (Å²) < 4.78 is 5.48. The van der Waals surface area contributed by atoms with E-state index >= 15 is 0 Å². The van der Waals surface area contributed by atoms with E-state index in [0.29, 0.717) is 21.5 Å². The minimum Gasteiger partial charge on any atom is -0.478 e. The number of nitrogens with two attached hydrogens (primary N) is 1. The van der Waals surface area contributed by atoms with Crippen LogP contribution in [0.15, 0.2) is 36.4 Å². The first-order valence-corrected chi connectivity index (χ1v) is 5.98. The molecule has 3 N–H and O–H groups in total. The molecule has 0 aliphatic heterocycles. The van der Waals surface area contributed by atoms with Gasteiger partial charge in [-0.05, 0) is 36.4 Å². The van der Waals surface area contributed by atoms with E-state index in [1.54, 1.807) is 12.1 Å². The molecule has 0 aliphatic carbocycles. The van der Waals surface area contributed by atoms with Gasteiger partial charge in [-0.15, -0.1) is 0 Å². The van der Waals surface area contributed by atoms with Crippen molar-refractivity contribution in [3.63, 3.8) is 0 Å². The normalized spacial score (nSPS) is 10.2. The number of nitrogen functional groups attached to an aromatic ring is 1. The molecule has 0 radical (unpaired) electrons. The van der Waals surface area contributed by atoms with Gasteiger partial charge >= 0.3 is 5.97 Å². The van der Waals surface area contributed by atoms with Gasteiger partial charge in [0.15, 0.2) is 0 Å². The number of benzene rings is 2. The molecule has 0 amide bonds. The fourth-order valence-corrected chi connectivity index (χ4v) is 2.02. The zero-order valence-electron chi connectivity index (χ0n) is 9.56. The number of hydrogen-bond acceptors (Lipinski definition) is 3. The molecule has 2 aromatic carbocycles. The van der Waals surface area contributed by atoms with Crippen LogP contribution in [0.25, 0.3) is 0 Å². The van der Waals surface area contributed by atoms with E-state index in [1.165, 1.54) is 24.3 Å². The summed E-state index contributed by atoms with van der Waals surface area (Å²) in [7, 11) is 0. The van der Waals surface area contributed by atoms with Crippen molar-refractivity contribution >= 4 is 34.9 Å². The third kappa shape index (κ3) is 3.30. The van der Waals surface area contributed by atoms with Gasteiger partial charge in [-0.1, -0.05) is 23.2 Å². The Labute approximate surface area is 119 Å². The van der Waals surface area contributed by atoms with E-state index in [-0.39, 0.29) is 11.3 Å². The lowest BCUT2D eigenvalue weighted by atomic mass is 10.2. The molecule has 0 heterocycles. The van der Waals surface area contributed by atoms with E-state index in [0.717, 1.165) is 0 Å². The van der Waals surface area contributed by atoms with Gasteiger partial charge in [0, 0.05) is 15.7 Å². The average molecular weight is 298 g/mol. The van der Waals surface area contributed by atoms with E-state index in [2.05, 4.69) is 0 Å². The molecule has 0 aliphatic rings. The van der Waals surface area contributed by atoms with Crippen LogP contribution in [0.3, 0.4) is 0 Å². The number of carbonyl (C=O) groups is 1. The van der Waals surface area contributed by atoms with Crippen LogP contribution < -0.4 is 10.5 Å². The van der Waals surface area contributed by atoms with Gasteiger partial charge in [0.25, 0.3) is 0 Å². The van der Waals surface area contributed by atoms with Crippen molar-refractivity contribution in [2.24, 2.45) is 0 Å². The Balaban J connectivity index is 2.40. The van der Waals surface area contributed by atoms with Gasteiger partial charge in [0.05, 0.1) is 0 Å². The molecule has 6 heteroatoms. The number of anilines is 1. The smallest absolute Gasteiger partial charge is 0.339 e.